The Balaban J connectivity index is 1.62. The van der Waals surface area contributed by atoms with Crippen molar-refractivity contribution >= 4 is 17.2 Å². The third kappa shape index (κ3) is 2.23. The summed E-state index contributed by atoms with van der Waals surface area (Å²) in [5, 5.41) is 5.78. The van der Waals surface area contributed by atoms with Crippen LogP contribution in [-0.2, 0) is 4.79 Å². The molecule has 2 saturated carbocycles. The van der Waals surface area contributed by atoms with Crippen LogP contribution >= 0.6 is 11.3 Å². The summed E-state index contributed by atoms with van der Waals surface area (Å²) < 4.78 is 0. The maximum Gasteiger partial charge on any atom is 0.244 e. The number of hydrogen-bond acceptors (Lipinski definition) is 3. The largest absolute Gasteiger partial charge is 0.317 e. The summed E-state index contributed by atoms with van der Waals surface area (Å²) in [5.41, 5.74) is -0.201. The van der Waals surface area contributed by atoms with E-state index >= 15 is 0 Å². The van der Waals surface area contributed by atoms with Gasteiger partial charge >= 0.3 is 0 Å². The van der Waals surface area contributed by atoms with Crippen molar-refractivity contribution in [3.63, 3.8) is 0 Å². The molecule has 1 amide bonds. The molecule has 1 saturated heterocycles. The lowest BCUT2D eigenvalue weighted by Gasteiger charge is -2.37. The van der Waals surface area contributed by atoms with E-state index in [0.29, 0.717) is 11.9 Å². The van der Waals surface area contributed by atoms with E-state index < -0.39 is 0 Å². The van der Waals surface area contributed by atoms with Gasteiger partial charge in [0.15, 0.2) is 0 Å². The topological polar surface area (TPSA) is 32.3 Å². The number of thiophene rings is 1. The lowest BCUT2D eigenvalue weighted by atomic mass is 9.83. The summed E-state index contributed by atoms with van der Waals surface area (Å²) in [6.45, 7) is 2.29. The van der Waals surface area contributed by atoms with E-state index in [1.165, 1.54) is 37.0 Å². The summed E-state index contributed by atoms with van der Waals surface area (Å²) in [4.78, 5) is 16.5. The smallest absolute Gasteiger partial charge is 0.244 e. The fraction of sp³-hybridized carbons (Fsp3) is 0.706. The van der Waals surface area contributed by atoms with Crippen molar-refractivity contribution in [1.82, 2.24) is 10.2 Å². The van der Waals surface area contributed by atoms with Gasteiger partial charge in [0.1, 0.15) is 11.7 Å². The second-order valence-corrected chi connectivity index (χ2v) is 7.93. The van der Waals surface area contributed by atoms with Gasteiger partial charge in [-0.3, -0.25) is 10.1 Å². The Labute approximate surface area is 130 Å². The summed E-state index contributed by atoms with van der Waals surface area (Å²) >= 11 is 1.77. The first-order chi connectivity index (χ1) is 10.2. The Morgan fingerprint density at radius 3 is 2.95 bits per heavy atom. The van der Waals surface area contributed by atoms with Crippen LogP contribution in [0.15, 0.2) is 17.5 Å². The summed E-state index contributed by atoms with van der Waals surface area (Å²) in [6, 6.07) is 4.71. The minimum Gasteiger partial charge on any atom is -0.317 e. The third-order valence-electron chi connectivity index (χ3n) is 5.62. The average molecular weight is 304 g/mol. The maximum absolute atomic E-state index is 13.0. The maximum atomic E-state index is 13.0. The molecule has 1 aliphatic heterocycles. The van der Waals surface area contributed by atoms with Crippen LogP contribution in [0.4, 0.5) is 0 Å². The molecular formula is C17H24N2OS. The van der Waals surface area contributed by atoms with Crippen LogP contribution in [0.25, 0.3) is 0 Å². The van der Waals surface area contributed by atoms with E-state index in [-0.39, 0.29) is 11.7 Å². The second kappa shape index (κ2) is 5.10. The Hall–Kier alpha value is -0.870. The molecule has 4 heteroatoms. The van der Waals surface area contributed by atoms with Crippen LogP contribution in [0.2, 0.25) is 0 Å². The summed E-state index contributed by atoms with van der Waals surface area (Å²) in [6.07, 6.45) is 8.42. The van der Waals surface area contributed by atoms with Gasteiger partial charge in [-0.1, -0.05) is 32.3 Å². The highest BCUT2D eigenvalue weighted by Crippen LogP contribution is 2.49. The van der Waals surface area contributed by atoms with Crippen LogP contribution in [-0.4, -0.2) is 22.4 Å². The molecule has 0 bridgehead atoms. The van der Waals surface area contributed by atoms with Crippen molar-refractivity contribution in [2.45, 2.75) is 69.6 Å². The minimum absolute atomic E-state index is 0.126. The normalized spacial score (nSPS) is 34.6. The van der Waals surface area contributed by atoms with Crippen molar-refractivity contribution in [3.05, 3.63) is 22.4 Å². The molecule has 3 fully saturated rings. The zero-order valence-corrected chi connectivity index (χ0v) is 13.5. The van der Waals surface area contributed by atoms with Gasteiger partial charge in [0.05, 0.1) is 0 Å². The molecule has 1 N–H and O–H groups in total. The zero-order chi connectivity index (χ0) is 14.4. The number of rotatable bonds is 3. The van der Waals surface area contributed by atoms with Gasteiger partial charge in [0.2, 0.25) is 5.91 Å². The molecule has 2 heterocycles. The van der Waals surface area contributed by atoms with Gasteiger partial charge in [0.25, 0.3) is 0 Å². The summed E-state index contributed by atoms with van der Waals surface area (Å²) in [5.74, 6) is 1.18. The molecule has 4 rings (SSSR count). The highest BCUT2D eigenvalue weighted by Gasteiger charge is 2.60. The van der Waals surface area contributed by atoms with Gasteiger partial charge in [0, 0.05) is 10.9 Å². The number of carbonyl (C=O) groups excluding carboxylic acids is 1. The predicted molar refractivity (Wildman–Crippen MR) is 85.0 cm³/mol. The molecule has 1 spiro atoms. The first-order valence-corrected chi connectivity index (χ1v) is 9.25. The van der Waals surface area contributed by atoms with Crippen molar-refractivity contribution in [2.24, 2.45) is 5.92 Å². The summed E-state index contributed by atoms with van der Waals surface area (Å²) in [7, 11) is 0. The zero-order valence-electron chi connectivity index (χ0n) is 12.7. The molecule has 0 radical (unpaired) electrons. The van der Waals surface area contributed by atoms with E-state index in [2.05, 4.69) is 34.7 Å². The number of carbonyl (C=O) groups is 1. The van der Waals surface area contributed by atoms with E-state index in [9.17, 15) is 4.79 Å². The SMILES string of the molecule is CCC1CCCC(N2C(=O)C3(CC3)NC2c2cccs2)C1. The van der Waals surface area contributed by atoms with Gasteiger partial charge in [-0.05, 0) is 43.0 Å². The predicted octanol–water partition coefficient (Wildman–Crippen LogP) is 3.68. The molecule has 0 aromatic carbocycles. The fourth-order valence-electron chi connectivity index (χ4n) is 4.16. The lowest BCUT2D eigenvalue weighted by Crippen LogP contribution is -2.43. The fourth-order valence-corrected chi connectivity index (χ4v) is 4.93. The first kappa shape index (κ1) is 13.8. The van der Waals surface area contributed by atoms with Crippen LogP contribution in [0.1, 0.15) is 62.9 Å². The van der Waals surface area contributed by atoms with Crippen molar-refractivity contribution in [2.75, 3.05) is 0 Å². The van der Waals surface area contributed by atoms with Crippen LogP contribution < -0.4 is 5.32 Å². The van der Waals surface area contributed by atoms with Gasteiger partial charge in [-0.2, -0.15) is 0 Å². The Bertz CT molecular complexity index is 523. The monoisotopic (exact) mass is 304 g/mol. The van der Waals surface area contributed by atoms with E-state index in [1.54, 1.807) is 11.3 Å². The van der Waals surface area contributed by atoms with Crippen molar-refractivity contribution in [3.8, 4) is 0 Å². The molecule has 21 heavy (non-hydrogen) atoms. The average Bonchev–Trinajstić information content (AvgIpc) is 2.97. The molecule has 2 aliphatic carbocycles. The van der Waals surface area contributed by atoms with Crippen LogP contribution in [0.5, 0.6) is 0 Å². The highest BCUT2D eigenvalue weighted by molar-refractivity contribution is 7.10. The van der Waals surface area contributed by atoms with E-state index in [1.807, 2.05) is 0 Å². The van der Waals surface area contributed by atoms with Crippen molar-refractivity contribution in [1.29, 1.82) is 0 Å². The van der Waals surface area contributed by atoms with E-state index in [0.717, 1.165) is 18.8 Å². The van der Waals surface area contributed by atoms with Crippen LogP contribution in [0, 0.1) is 5.92 Å². The molecule has 3 aliphatic rings. The Morgan fingerprint density at radius 1 is 1.43 bits per heavy atom. The molecular weight excluding hydrogens is 280 g/mol. The minimum atomic E-state index is -0.201. The Kier molecular flexibility index (Phi) is 3.34. The molecule has 3 nitrogen and oxygen atoms in total. The molecule has 1 aromatic heterocycles. The third-order valence-corrected chi connectivity index (χ3v) is 6.55. The number of nitrogens with zero attached hydrogens (tertiary/aromatic N) is 1. The van der Waals surface area contributed by atoms with E-state index in [4.69, 9.17) is 0 Å². The number of nitrogens with one attached hydrogen (secondary N) is 1. The number of amides is 1. The standard InChI is InChI=1S/C17H24N2OS/c1-2-12-5-3-6-13(11-12)19-15(14-7-4-10-21-14)18-17(8-9-17)16(19)20/h4,7,10,12-13,15,18H,2-3,5-6,8-9,11H2,1H3. The van der Waals surface area contributed by atoms with Gasteiger partial charge in [-0.25, -0.2) is 0 Å². The van der Waals surface area contributed by atoms with Crippen molar-refractivity contribution < 1.29 is 4.79 Å². The quantitative estimate of drug-likeness (QED) is 0.924. The highest BCUT2D eigenvalue weighted by atomic mass is 32.1. The van der Waals surface area contributed by atoms with Crippen LogP contribution in [0.3, 0.4) is 0 Å². The molecule has 3 atom stereocenters. The first-order valence-electron chi connectivity index (χ1n) is 8.37. The molecule has 114 valence electrons. The van der Waals surface area contributed by atoms with Gasteiger partial charge in [-0.15, -0.1) is 11.3 Å². The Morgan fingerprint density at radius 2 is 2.29 bits per heavy atom. The lowest BCUT2D eigenvalue weighted by molar-refractivity contribution is -0.134. The molecule has 1 aromatic rings. The molecule has 3 unspecified atom stereocenters. The van der Waals surface area contributed by atoms with Gasteiger partial charge < -0.3 is 4.90 Å². The second-order valence-electron chi connectivity index (χ2n) is 6.95. The number of hydrogen-bond donors (Lipinski definition) is 1.